The Labute approximate surface area is 151 Å². The SMILES string of the molecule is O=C(c1ccc2c(c1)Cc1ccccc1-2)[C@@H]1O[C@@H]1c1cccc(Cl)c1. The summed E-state index contributed by atoms with van der Waals surface area (Å²) in [6, 6.07) is 21.9. The van der Waals surface area contributed by atoms with Crippen molar-refractivity contribution in [2.24, 2.45) is 0 Å². The number of fused-ring (bicyclic) bond motifs is 3. The van der Waals surface area contributed by atoms with Crippen LogP contribution in [0.3, 0.4) is 0 Å². The molecule has 25 heavy (non-hydrogen) atoms. The number of ketones is 1. The second kappa shape index (κ2) is 5.55. The molecule has 2 aliphatic rings. The van der Waals surface area contributed by atoms with E-state index < -0.39 is 6.10 Å². The first kappa shape index (κ1) is 14.9. The van der Waals surface area contributed by atoms with Crippen LogP contribution >= 0.6 is 11.6 Å². The molecule has 1 aliphatic heterocycles. The molecule has 1 fully saturated rings. The highest BCUT2D eigenvalue weighted by Crippen LogP contribution is 2.42. The number of Topliss-reactive ketones (excluding diaryl/α,β-unsaturated/α-hetero) is 1. The topological polar surface area (TPSA) is 29.6 Å². The number of hydrogen-bond donors (Lipinski definition) is 0. The summed E-state index contributed by atoms with van der Waals surface area (Å²) in [6.07, 6.45) is 0.299. The number of halogens is 1. The summed E-state index contributed by atoms with van der Waals surface area (Å²) in [5.74, 6) is 0.0451. The van der Waals surface area contributed by atoms with Gasteiger partial charge in [-0.3, -0.25) is 4.79 Å². The quantitative estimate of drug-likeness (QED) is 0.375. The number of benzene rings is 3. The Balaban J connectivity index is 1.40. The Kier molecular flexibility index (Phi) is 3.30. The lowest BCUT2D eigenvalue weighted by Gasteiger charge is -2.04. The Hall–Kier alpha value is -2.42. The van der Waals surface area contributed by atoms with Crippen molar-refractivity contribution in [1.82, 2.24) is 0 Å². The molecule has 3 aromatic rings. The minimum Gasteiger partial charge on any atom is -0.356 e. The molecule has 0 bridgehead atoms. The summed E-state index contributed by atoms with van der Waals surface area (Å²) in [5, 5.41) is 0.662. The van der Waals surface area contributed by atoms with Gasteiger partial charge in [-0.1, -0.05) is 60.1 Å². The molecule has 3 aromatic carbocycles. The summed E-state index contributed by atoms with van der Waals surface area (Å²) in [6.45, 7) is 0. The maximum Gasteiger partial charge on any atom is 0.194 e. The Morgan fingerprint density at radius 3 is 2.64 bits per heavy atom. The lowest BCUT2D eigenvalue weighted by molar-refractivity contribution is 0.0953. The summed E-state index contributed by atoms with van der Waals surface area (Å²) in [4.78, 5) is 12.8. The van der Waals surface area contributed by atoms with E-state index in [9.17, 15) is 4.79 Å². The van der Waals surface area contributed by atoms with Crippen LogP contribution in [-0.2, 0) is 11.2 Å². The number of rotatable bonds is 3. The van der Waals surface area contributed by atoms with Gasteiger partial charge in [0.25, 0.3) is 0 Å². The molecule has 3 heteroatoms. The molecule has 1 heterocycles. The van der Waals surface area contributed by atoms with E-state index in [1.165, 1.54) is 22.3 Å². The van der Waals surface area contributed by atoms with Crippen LogP contribution in [0.4, 0.5) is 0 Å². The van der Waals surface area contributed by atoms with Crippen LogP contribution in [-0.4, -0.2) is 11.9 Å². The van der Waals surface area contributed by atoms with E-state index in [0.717, 1.165) is 17.5 Å². The first-order valence-electron chi connectivity index (χ1n) is 8.37. The Morgan fingerprint density at radius 1 is 0.920 bits per heavy atom. The first-order valence-corrected chi connectivity index (χ1v) is 8.75. The van der Waals surface area contributed by atoms with Crippen LogP contribution in [0.2, 0.25) is 5.02 Å². The van der Waals surface area contributed by atoms with E-state index in [1.54, 1.807) is 0 Å². The largest absolute Gasteiger partial charge is 0.356 e. The van der Waals surface area contributed by atoms with E-state index in [0.29, 0.717) is 5.02 Å². The molecule has 0 amide bonds. The first-order chi connectivity index (χ1) is 12.2. The lowest BCUT2D eigenvalue weighted by atomic mass is 9.98. The van der Waals surface area contributed by atoms with Crippen LogP contribution in [0.25, 0.3) is 11.1 Å². The monoisotopic (exact) mass is 346 g/mol. The van der Waals surface area contributed by atoms with Crippen molar-refractivity contribution in [3.05, 3.63) is 94.0 Å². The zero-order valence-electron chi connectivity index (χ0n) is 13.4. The zero-order chi connectivity index (χ0) is 17.0. The van der Waals surface area contributed by atoms with Crippen molar-refractivity contribution in [2.45, 2.75) is 18.6 Å². The van der Waals surface area contributed by atoms with Gasteiger partial charge in [-0.25, -0.2) is 0 Å². The maximum absolute atomic E-state index is 12.8. The van der Waals surface area contributed by atoms with Gasteiger partial charge >= 0.3 is 0 Å². The van der Waals surface area contributed by atoms with E-state index in [4.69, 9.17) is 16.3 Å². The molecule has 2 atom stereocenters. The molecular weight excluding hydrogens is 332 g/mol. The highest BCUT2D eigenvalue weighted by Gasteiger charge is 2.46. The van der Waals surface area contributed by atoms with Gasteiger partial charge < -0.3 is 4.74 Å². The van der Waals surface area contributed by atoms with Gasteiger partial charge in [0, 0.05) is 10.6 Å². The van der Waals surface area contributed by atoms with Crippen LogP contribution in [0, 0.1) is 0 Å². The molecule has 0 saturated carbocycles. The molecule has 0 aromatic heterocycles. The second-order valence-corrected chi connectivity index (χ2v) is 7.04. The smallest absolute Gasteiger partial charge is 0.194 e. The fourth-order valence-electron chi connectivity index (χ4n) is 3.71. The number of ether oxygens (including phenoxy) is 1. The normalized spacial score (nSPS) is 20.0. The fraction of sp³-hybridized carbons (Fsp3) is 0.136. The molecular formula is C22H15ClO2. The third-order valence-electron chi connectivity index (χ3n) is 5.01. The predicted octanol–water partition coefficient (Wildman–Crippen LogP) is 5.23. The molecule has 0 radical (unpaired) electrons. The highest BCUT2D eigenvalue weighted by atomic mass is 35.5. The summed E-state index contributed by atoms with van der Waals surface area (Å²) >= 11 is 6.03. The van der Waals surface area contributed by atoms with Crippen molar-refractivity contribution < 1.29 is 9.53 Å². The van der Waals surface area contributed by atoms with Crippen LogP contribution in [0.5, 0.6) is 0 Å². The summed E-state index contributed by atoms with van der Waals surface area (Å²) < 4.78 is 5.65. The number of epoxide rings is 1. The molecule has 1 aliphatic carbocycles. The van der Waals surface area contributed by atoms with E-state index >= 15 is 0 Å². The number of hydrogen-bond acceptors (Lipinski definition) is 2. The van der Waals surface area contributed by atoms with Gasteiger partial charge in [0.15, 0.2) is 11.9 Å². The fourth-order valence-corrected chi connectivity index (χ4v) is 3.91. The minimum absolute atomic E-state index is 0.0451. The van der Waals surface area contributed by atoms with Crippen molar-refractivity contribution in [1.29, 1.82) is 0 Å². The highest BCUT2D eigenvalue weighted by molar-refractivity contribution is 6.30. The molecule has 5 rings (SSSR count). The van der Waals surface area contributed by atoms with Gasteiger partial charge in [-0.15, -0.1) is 0 Å². The van der Waals surface area contributed by atoms with E-state index in [-0.39, 0.29) is 11.9 Å². The molecule has 0 unspecified atom stereocenters. The maximum atomic E-state index is 12.8. The third kappa shape index (κ3) is 2.50. The molecule has 122 valence electrons. The molecule has 2 nitrogen and oxygen atoms in total. The van der Waals surface area contributed by atoms with Gasteiger partial charge in [-0.05, 0) is 52.4 Å². The standard InChI is InChI=1S/C22H15ClO2/c23-17-6-3-5-15(12-17)21-22(25-21)20(24)14-8-9-19-16(11-14)10-13-4-1-2-7-18(13)19/h1-9,11-12,21-22H,10H2/t21-,22+/m1/s1. The molecule has 0 spiro atoms. The van der Waals surface area contributed by atoms with Crippen LogP contribution in [0.1, 0.15) is 33.2 Å². The van der Waals surface area contributed by atoms with Gasteiger partial charge in [0.1, 0.15) is 6.10 Å². The van der Waals surface area contributed by atoms with Crippen LogP contribution < -0.4 is 0 Å². The number of carbonyl (C=O) groups is 1. The zero-order valence-corrected chi connectivity index (χ0v) is 14.2. The van der Waals surface area contributed by atoms with Gasteiger partial charge in [0.2, 0.25) is 0 Å². The predicted molar refractivity (Wildman–Crippen MR) is 98.1 cm³/mol. The Bertz CT molecular complexity index is 1010. The van der Waals surface area contributed by atoms with Crippen molar-refractivity contribution in [3.63, 3.8) is 0 Å². The number of carbonyl (C=O) groups excluding carboxylic acids is 1. The third-order valence-corrected chi connectivity index (χ3v) is 5.24. The average molecular weight is 347 g/mol. The van der Waals surface area contributed by atoms with E-state index in [1.807, 2.05) is 36.4 Å². The minimum atomic E-state index is -0.403. The summed E-state index contributed by atoms with van der Waals surface area (Å²) in [7, 11) is 0. The van der Waals surface area contributed by atoms with Gasteiger partial charge in [-0.2, -0.15) is 0 Å². The van der Waals surface area contributed by atoms with Gasteiger partial charge in [0.05, 0.1) is 0 Å². The van der Waals surface area contributed by atoms with Crippen molar-refractivity contribution >= 4 is 17.4 Å². The average Bonchev–Trinajstić information content (AvgIpc) is 3.35. The van der Waals surface area contributed by atoms with E-state index in [2.05, 4.69) is 30.3 Å². The lowest BCUT2D eigenvalue weighted by Crippen LogP contribution is -2.08. The van der Waals surface area contributed by atoms with Crippen molar-refractivity contribution in [3.8, 4) is 11.1 Å². The molecule has 0 N–H and O–H groups in total. The molecule has 1 saturated heterocycles. The Morgan fingerprint density at radius 2 is 1.76 bits per heavy atom. The van der Waals surface area contributed by atoms with Crippen LogP contribution in [0.15, 0.2) is 66.7 Å². The summed E-state index contributed by atoms with van der Waals surface area (Å²) in [5.41, 5.74) is 6.72. The second-order valence-electron chi connectivity index (χ2n) is 6.60. The van der Waals surface area contributed by atoms with Crippen molar-refractivity contribution in [2.75, 3.05) is 0 Å².